The molecule has 2 aromatic carbocycles. The zero-order valence-electron chi connectivity index (χ0n) is 15.9. The fourth-order valence-electron chi connectivity index (χ4n) is 3.01. The topological polar surface area (TPSA) is 92.6 Å². The highest BCUT2D eigenvalue weighted by Crippen LogP contribution is 2.29. The molecule has 0 atom stereocenters. The number of nitrogens with zero attached hydrogens (tertiary/aromatic N) is 2. The number of carbonyl (C=O) groups excluding carboxylic acids is 1. The lowest BCUT2D eigenvalue weighted by atomic mass is 10.1. The van der Waals surface area contributed by atoms with Gasteiger partial charge in [0.2, 0.25) is 5.91 Å². The number of nitrogens with one attached hydrogen (secondary N) is 1. The fourth-order valence-corrected chi connectivity index (χ4v) is 3.27. The quantitative estimate of drug-likeness (QED) is 0.290. The molecule has 1 amide bonds. The van der Waals surface area contributed by atoms with Gasteiger partial charge in [-0.25, -0.2) is 0 Å². The first-order chi connectivity index (χ1) is 14.1. The Morgan fingerprint density at radius 3 is 2.24 bits per heavy atom. The number of halogens is 1. The standard InChI is InChI=1S/C22H23BrN4O2/c23-18-9-7-17(8-10-18)20-12-11-19(16-5-2-1-3-6-16)27(20)15-21(29)26-22(24)25-13-4-14-28/h1-3,5-12,28H,4,13-15H2,(H3,24,25,26,29). The Labute approximate surface area is 178 Å². The number of aliphatic imine (C=N–C) groups is 1. The minimum Gasteiger partial charge on any atom is -0.396 e. The van der Waals surface area contributed by atoms with E-state index >= 15 is 0 Å². The number of rotatable bonds is 7. The molecule has 29 heavy (non-hydrogen) atoms. The van der Waals surface area contributed by atoms with E-state index < -0.39 is 0 Å². The third-order valence-corrected chi connectivity index (χ3v) is 4.89. The highest BCUT2D eigenvalue weighted by Gasteiger charge is 2.15. The van der Waals surface area contributed by atoms with Crippen LogP contribution in [0.1, 0.15) is 6.42 Å². The summed E-state index contributed by atoms with van der Waals surface area (Å²) in [5, 5.41) is 11.4. The van der Waals surface area contributed by atoms with Crippen LogP contribution in [0.3, 0.4) is 0 Å². The molecule has 0 aliphatic rings. The highest BCUT2D eigenvalue weighted by atomic mass is 79.9. The molecule has 4 N–H and O–H groups in total. The zero-order valence-corrected chi connectivity index (χ0v) is 17.5. The number of hydrogen-bond donors (Lipinski definition) is 3. The number of carbonyl (C=O) groups is 1. The summed E-state index contributed by atoms with van der Waals surface area (Å²) in [6.45, 7) is 0.496. The van der Waals surface area contributed by atoms with Gasteiger partial charge in [-0.1, -0.05) is 58.4 Å². The Hall–Kier alpha value is -2.90. The first-order valence-corrected chi connectivity index (χ1v) is 10.1. The molecule has 150 valence electrons. The second kappa shape index (κ2) is 10.0. The van der Waals surface area contributed by atoms with Crippen molar-refractivity contribution in [3.8, 4) is 22.5 Å². The minimum absolute atomic E-state index is 0.0328. The van der Waals surface area contributed by atoms with E-state index in [0.29, 0.717) is 13.0 Å². The molecule has 0 spiro atoms. The molecule has 0 unspecified atom stereocenters. The maximum absolute atomic E-state index is 12.6. The Morgan fingerprint density at radius 2 is 1.62 bits per heavy atom. The number of hydrogen-bond acceptors (Lipinski definition) is 3. The van der Waals surface area contributed by atoms with Gasteiger partial charge in [0.25, 0.3) is 0 Å². The van der Waals surface area contributed by atoms with E-state index in [-0.39, 0.29) is 25.0 Å². The van der Waals surface area contributed by atoms with E-state index in [9.17, 15) is 4.79 Å². The number of aliphatic hydroxyl groups excluding tert-OH is 1. The number of aromatic nitrogens is 1. The van der Waals surface area contributed by atoms with E-state index in [4.69, 9.17) is 10.8 Å². The van der Waals surface area contributed by atoms with Crippen LogP contribution in [0.15, 0.2) is 76.2 Å². The summed E-state index contributed by atoms with van der Waals surface area (Å²) in [5.74, 6) is -0.205. The van der Waals surface area contributed by atoms with Gasteiger partial charge < -0.3 is 15.4 Å². The second-order valence-electron chi connectivity index (χ2n) is 6.46. The largest absolute Gasteiger partial charge is 0.396 e. The van der Waals surface area contributed by atoms with Crippen LogP contribution in [0.2, 0.25) is 0 Å². The van der Waals surface area contributed by atoms with Crippen LogP contribution in [0.4, 0.5) is 0 Å². The van der Waals surface area contributed by atoms with Crippen LogP contribution in [-0.2, 0) is 11.3 Å². The maximum atomic E-state index is 12.6. The van der Waals surface area contributed by atoms with E-state index in [2.05, 4.69) is 26.2 Å². The number of nitrogens with two attached hydrogens (primary N) is 1. The number of aliphatic hydroxyl groups is 1. The predicted octanol–water partition coefficient (Wildman–Crippen LogP) is 3.40. The third kappa shape index (κ3) is 5.56. The van der Waals surface area contributed by atoms with Gasteiger partial charge >= 0.3 is 0 Å². The average Bonchev–Trinajstić information content (AvgIpc) is 3.12. The Kier molecular flexibility index (Phi) is 7.21. The van der Waals surface area contributed by atoms with Crippen LogP contribution in [-0.4, -0.2) is 34.7 Å². The van der Waals surface area contributed by atoms with Crippen molar-refractivity contribution < 1.29 is 9.90 Å². The predicted molar refractivity (Wildman–Crippen MR) is 119 cm³/mol. The van der Waals surface area contributed by atoms with Gasteiger partial charge in [0.15, 0.2) is 5.96 Å². The zero-order chi connectivity index (χ0) is 20.6. The third-order valence-electron chi connectivity index (χ3n) is 4.36. The number of benzene rings is 2. The molecule has 0 aliphatic carbocycles. The van der Waals surface area contributed by atoms with E-state index in [0.717, 1.165) is 27.0 Å². The monoisotopic (exact) mass is 454 g/mol. The molecular weight excluding hydrogens is 432 g/mol. The molecule has 0 radical (unpaired) electrons. The van der Waals surface area contributed by atoms with Gasteiger partial charge in [-0.2, -0.15) is 0 Å². The summed E-state index contributed by atoms with van der Waals surface area (Å²) in [7, 11) is 0. The first-order valence-electron chi connectivity index (χ1n) is 9.30. The summed E-state index contributed by atoms with van der Waals surface area (Å²) in [6, 6.07) is 21.9. The molecule has 0 bridgehead atoms. The van der Waals surface area contributed by atoms with Crippen LogP contribution in [0.5, 0.6) is 0 Å². The van der Waals surface area contributed by atoms with Gasteiger partial charge in [0, 0.05) is 29.0 Å². The SMILES string of the molecule is NC(=NCCCO)NC(=O)Cn1c(-c2ccccc2)ccc1-c1ccc(Br)cc1. The van der Waals surface area contributed by atoms with E-state index in [1.54, 1.807) is 0 Å². The van der Waals surface area contributed by atoms with Crippen LogP contribution in [0.25, 0.3) is 22.5 Å². The fraction of sp³-hybridized carbons (Fsp3) is 0.182. The highest BCUT2D eigenvalue weighted by molar-refractivity contribution is 9.10. The minimum atomic E-state index is -0.262. The maximum Gasteiger partial charge on any atom is 0.246 e. The molecule has 3 aromatic rings. The van der Waals surface area contributed by atoms with Gasteiger partial charge in [0.1, 0.15) is 6.54 Å². The molecule has 0 saturated carbocycles. The van der Waals surface area contributed by atoms with Crippen LogP contribution in [0, 0.1) is 0 Å². The van der Waals surface area contributed by atoms with Crippen molar-refractivity contribution in [1.29, 1.82) is 0 Å². The van der Waals surface area contributed by atoms with Crippen LogP contribution >= 0.6 is 15.9 Å². The van der Waals surface area contributed by atoms with E-state index in [1.165, 1.54) is 0 Å². The summed E-state index contributed by atoms with van der Waals surface area (Å²) in [6.07, 6.45) is 0.500. The molecule has 1 heterocycles. The number of amides is 1. The molecule has 0 aliphatic heterocycles. The number of guanidine groups is 1. The van der Waals surface area contributed by atoms with Gasteiger partial charge in [-0.3, -0.25) is 15.1 Å². The lowest BCUT2D eigenvalue weighted by molar-refractivity contribution is -0.120. The molecule has 1 aromatic heterocycles. The summed E-state index contributed by atoms with van der Waals surface area (Å²) in [4.78, 5) is 16.7. The van der Waals surface area contributed by atoms with Crippen molar-refractivity contribution >= 4 is 27.8 Å². The lowest BCUT2D eigenvalue weighted by Gasteiger charge is -2.14. The van der Waals surface area contributed by atoms with Crippen molar-refractivity contribution in [2.75, 3.05) is 13.2 Å². The lowest BCUT2D eigenvalue weighted by Crippen LogP contribution is -2.39. The van der Waals surface area contributed by atoms with Crippen molar-refractivity contribution in [3.63, 3.8) is 0 Å². The van der Waals surface area contributed by atoms with Crippen LogP contribution < -0.4 is 11.1 Å². The van der Waals surface area contributed by atoms with E-state index in [1.807, 2.05) is 71.3 Å². The van der Waals surface area contributed by atoms with Crippen molar-refractivity contribution in [2.24, 2.45) is 10.7 Å². The second-order valence-corrected chi connectivity index (χ2v) is 7.37. The Balaban J connectivity index is 1.90. The molecule has 0 saturated heterocycles. The smallest absolute Gasteiger partial charge is 0.246 e. The van der Waals surface area contributed by atoms with Gasteiger partial charge in [-0.05, 0) is 41.8 Å². The Morgan fingerprint density at radius 1 is 1.00 bits per heavy atom. The summed E-state index contributed by atoms with van der Waals surface area (Å²) >= 11 is 3.46. The molecule has 3 rings (SSSR count). The van der Waals surface area contributed by atoms with Crippen molar-refractivity contribution in [2.45, 2.75) is 13.0 Å². The first kappa shape index (κ1) is 20.8. The Bertz CT molecular complexity index is 982. The molecular formula is C22H23BrN4O2. The molecule has 7 heteroatoms. The van der Waals surface area contributed by atoms with Crippen molar-refractivity contribution in [3.05, 3.63) is 71.2 Å². The van der Waals surface area contributed by atoms with Gasteiger partial charge in [0.05, 0.1) is 0 Å². The molecule has 0 fully saturated rings. The normalized spacial score (nSPS) is 11.4. The average molecular weight is 455 g/mol. The summed E-state index contributed by atoms with van der Waals surface area (Å²) < 4.78 is 2.96. The van der Waals surface area contributed by atoms with Gasteiger partial charge in [-0.15, -0.1) is 0 Å². The molecule has 6 nitrogen and oxygen atoms in total. The summed E-state index contributed by atoms with van der Waals surface area (Å²) in [5.41, 5.74) is 9.68. The van der Waals surface area contributed by atoms with Crippen molar-refractivity contribution in [1.82, 2.24) is 9.88 Å².